The Morgan fingerprint density at radius 3 is 1.71 bits per heavy atom. The van der Waals surface area contributed by atoms with Crippen LogP contribution in [0.15, 0.2) is 0 Å². The Morgan fingerprint density at radius 1 is 1.00 bits per heavy atom. The summed E-state index contributed by atoms with van der Waals surface area (Å²) in [6, 6.07) is 0. The van der Waals surface area contributed by atoms with Gasteiger partial charge in [-0.15, -0.1) is 0 Å². The molecular formula is C10H23GeNO2. The molecule has 4 heteroatoms. The minimum atomic E-state index is -2.74. The van der Waals surface area contributed by atoms with Gasteiger partial charge in [-0.25, -0.2) is 0 Å². The van der Waals surface area contributed by atoms with Crippen LogP contribution in [0.3, 0.4) is 0 Å². The Balaban J connectivity index is 2.89. The summed E-state index contributed by atoms with van der Waals surface area (Å²) in [5, 5.41) is 0. The van der Waals surface area contributed by atoms with E-state index in [-0.39, 0.29) is 4.25 Å². The van der Waals surface area contributed by atoms with E-state index in [4.69, 9.17) is 7.53 Å². The molecule has 0 atom stereocenters. The average molecular weight is 262 g/mol. The van der Waals surface area contributed by atoms with Crippen LogP contribution in [0.1, 0.15) is 33.6 Å². The Labute approximate surface area is 91.0 Å². The van der Waals surface area contributed by atoms with Crippen LogP contribution in [0.25, 0.3) is 0 Å². The molecule has 0 aliphatic carbocycles. The number of nitrogens with zero attached hydrogens (tertiary/aromatic N) is 1. The van der Waals surface area contributed by atoms with Crippen molar-refractivity contribution in [3.63, 3.8) is 0 Å². The SMILES string of the molecule is C[O][Ge]([O]C)([N]1CCCC1)[C](C)(C)C. The zero-order valence-electron chi connectivity index (χ0n) is 10.1. The van der Waals surface area contributed by atoms with Crippen molar-refractivity contribution in [2.75, 3.05) is 27.3 Å². The van der Waals surface area contributed by atoms with E-state index in [1.165, 1.54) is 12.8 Å². The fourth-order valence-corrected chi connectivity index (χ4v) is 10.3. The van der Waals surface area contributed by atoms with Crippen molar-refractivity contribution in [2.24, 2.45) is 0 Å². The molecule has 0 aromatic carbocycles. The van der Waals surface area contributed by atoms with Gasteiger partial charge in [-0.1, -0.05) is 0 Å². The van der Waals surface area contributed by atoms with Gasteiger partial charge in [0.05, 0.1) is 0 Å². The molecule has 14 heavy (non-hydrogen) atoms. The Bertz CT molecular complexity index is 181. The van der Waals surface area contributed by atoms with Crippen molar-refractivity contribution in [1.82, 2.24) is 3.86 Å². The predicted octanol–water partition coefficient (Wildman–Crippen LogP) is 2.11. The van der Waals surface area contributed by atoms with E-state index in [0.717, 1.165) is 13.1 Å². The van der Waals surface area contributed by atoms with Crippen molar-refractivity contribution >= 4 is 14.2 Å². The molecule has 1 rings (SSSR count). The molecule has 0 saturated carbocycles. The van der Waals surface area contributed by atoms with Crippen molar-refractivity contribution < 1.29 is 7.53 Å². The van der Waals surface area contributed by atoms with Gasteiger partial charge in [0.2, 0.25) is 0 Å². The van der Waals surface area contributed by atoms with Crippen LogP contribution in [0.2, 0.25) is 4.25 Å². The molecule has 0 spiro atoms. The molecule has 1 saturated heterocycles. The monoisotopic (exact) mass is 263 g/mol. The van der Waals surface area contributed by atoms with Gasteiger partial charge < -0.3 is 0 Å². The maximum absolute atomic E-state index is 5.83. The maximum atomic E-state index is 5.83. The van der Waals surface area contributed by atoms with Crippen LogP contribution in [0.4, 0.5) is 0 Å². The first kappa shape index (κ1) is 12.5. The molecule has 0 amide bonds. The summed E-state index contributed by atoms with van der Waals surface area (Å²) in [4.78, 5) is 0. The molecule has 0 unspecified atom stereocenters. The molecule has 0 N–H and O–H groups in total. The fourth-order valence-electron chi connectivity index (χ4n) is 2.44. The summed E-state index contributed by atoms with van der Waals surface area (Å²) in [7, 11) is 3.63. The Morgan fingerprint density at radius 2 is 1.43 bits per heavy atom. The topological polar surface area (TPSA) is 21.7 Å². The molecule has 0 radical (unpaired) electrons. The van der Waals surface area contributed by atoms with Crippen LogP contribution in [-0.2, 0) is 7.53 Å². The van der Waals surface area contributed by atoms with Gasteiger partial charge in [0, 0.05) is 0 Å². The summed E-state index contributed by atoms with van der Waals surface area (Å²) in [5.41, 5.74) is 0. The van der Waals surface area contributed by atoms with Crippen molar-refractivity contribution in [3.05, 3.63) is 0 Å². The predicted molar refractivity (Wildman–Crippen MR) is 60.3 cm³/mol. The van der Waals surface area contributed by atoms with Gasteiger partial charge in [0.25, 0.3) is 0 Å². The van der Waals surface area contributed by atoms with Crippen LogP contribution < -0.4 is 0 Å². The van der Waals surface area contributed by atoms with Gasteiger partial charge in [0.1, 0.15) is 0 Å². The molecule has 0 bridgehead atoms. The van der Waals surface area contributed by atoms with Gasteiger partial charge in [-0.3, -0.25) is 0 Å². The van der Waals surface area contributed by atoms with Gasteiger partial charge in [0.15, 0.2) is 0 Å². The second-order valence-electron chi connectivity index (χ2n) is 4.93. The Kier molecular flexibility index (Phi) is 4.03. The van der Waals surface area contributed by atoms with Crippen molar-refractivity contribution in [2.45, 2.75) is 37.9 Å². The van der Waals surface area contributed by atoms with Gasteiger partial charge in [-0.2, -0.15) is 0 Å². The van der Waals surface area contributed by atoms with Gasteiger partial charge >= 0.3 is 90.7 Å². The van der Waals surface area contributed by atoms with E-state index < -0.39 is 14.2 Å². The summed E-state index contributed by atoms with van der Waals surface area (Å²) in [6.45, 7) is 9.01. The van der Waals surface area contributed by atoms with E-state index in [1.54, 1.807) is 0 Å². The Hall–Kier alpha value is 0.423. The molecular weight excluding hydrogens is 239 g/mol. The second kappa shape index (κ2) is 4.51. The average Bonchev–Trinajstić information content (AvgIpc) is 2.58. The molecule has 1 aliphatic rings. The third kappa shape index (κ3) is 2.01. The van der Waals surface area contributed by atoms with Crippen LogP contribution in [-0.4, -0.2) is 45.3 Å². The van der Waals surface area contributed by atoms with Crippen LogP contribution in [0.5, 0.6) is 0 Å². The minimum absolute atomic E-state index is 0.147. The molecule has 1 aliphatic heterocycles. The zero-order chi connectivity index (χ0) is 10.8. The third-order valence-electron chi connectivity index (χ3n) is 3.02. The molecule has 1 fully saturated rings. The second-order valence-corrected chi connectivity index (χ2v) is 13.6. The molecule has 84 valence electrons. The quantitative estimate of drug-likeness (QED) is 0.727. The van der Waals surface area contributed by atoms with E-state index in [1.807, 2.05) is 14.2 Å². The standard InChI is InChI=1S/C10H23GeNO2/c1-10(2,3)11(13-4,14-5)12-8-6-7-9-12/h6-9H2,1-5H3. The summed E-state index contributed by atoms with van der Waals surface area (Å²) in [5.74, 6) is 0. The molecule has 0 aromatic rings. The third-order valence-corrected chi connectivity index (χ3v) is 12.0. The fraction of sp³-hybridized carbons (Fsp3) is 1.00. The normalized spacial score (nSPS) is 20.4. The van der Waals surface area contributed by atoms with E-state index in [0.29, 0.717) is 0 Å². The van der Waals surface area contributed by atoms with Crippen molar-refractivity contribution in [1.29, 1.82) is 0 Å². The number of rotatable bonds is 3. The summed E-state index contributed by atoms with van der Waals surface area (Å²) < 4.78 is 14.3. The van der Waals surface area contributed by atoms with Crippen molar-refractivity contribution in [3.8, 4) is 0 Å². The molecule has 3 nitrogen and oxygen atoms in total. The first-order chi connectivity index (χ1) is 6.48. The molecule has 0 aromatic heterocycles. The van der Waals surface area contributed by atoms with E-state index >= 15 is 0 Å². The summed E-state index contributed by atoms with van der Waals surface area (Å²) in [6.07, 6.45) is 2.58. The number of hydrogen-bond donors (Lipinski definition) is 0. The first-order valence-electron chi connectivity index (χ1n) is 5.33. The van der Waals surface area contributed by atoms with E-state index in [2.05, 4.69) is 24.6 Å². The van der Waals surface area contributed by atoms with Crippen LogP contribution in [0, 0.1) is 0 Å². The molecule has 1 heterocycles. The zero-order valence-corrected chi connectivity index (χ0v) is 12.2. The first-order valence-corrected chi connectivity index (χ1v) is 9.03. The van der Waals surface area contributed by atoms with Crippen LogP contribution >= 0.6 is 0 Å². The summed E-state index contributed by atoms with van der Waals surface area (Å²) >= 11 is -2.74. The van der Waals surface area contributed by atoms with Gasteiger partial charge in [-0.05, 0) is 0 Å². The number of hydrogen-bond acceptors (Lipinski definition) is 3. The van der Waals surface area contributed by atoms with E-state index in [9.17, 15) is 0 Å².